The highest BCUT2D eigenvalue weighted by atomic mass is 31.1. The molecule has 0 aromatic carbocycles. The molecule has 0 saturated carbocycles. The number of rotatable bonds is 4. The van der Waals surface area contributed by atoms with Crippen LogP contribution in [0.1, 0.15) is 27.7 Å². The molecule has 3 nitrogen and oxygen atoms in total. The molecule has 0 spiro atoms. The lowest BCUT2D eigenvalue weighted by Gasteiger charge is -2.16. The molecule has 11 heavy (non-hydrogen) atoms. The SMILES string of the molecule is CC(C)NPC(=O)C(C)(C)O. The van der Waals surface area contributed by atoms with Gasteiger partial charge < -0.3 is 5.11 Å². The van der Waals surface area contributed by atoms with Gasteiger partial charge in [0, 0.05) is 14.8 Å². The van der Waals surface area contributed by atoms with E-state index in [4.69, 9.17) is 0 Å². The van der Waals surface area contributed by atoms with Crippen LogP contribution >= 0.6 is 8.73 Å². The average Bonchev–Trinajstić information content (AvgIpc) is 1.80. The largest absolute Gasteiger partial charge is 0.382 e. The first kappa shape index (κ1) is 11.0. The Morgan fingerprint density at radius 2 is 2.00 bits per heavy atom. The fourth-order valence-electron chi connectivity index (χ4n) is 0.363. The molecular weight excluding hydrogens is 161 g/mol. The summed E-state index contributed by atoms with van der Waals surface area (Å²) in [5, 5.41) is 12.2. The van der Waals surface area contributed by atoms with E-state index < -0.39 is 5.60 Å². The first-order valence-corrected chi connectivity index (χ1v) is 4.62. The number of hydrogen-bond donors (Lipinski definition) is 2. The molecule has 1 atom stereocenters. The van der Waals surface area contributed by atoms with Crippen molar-refractivity contribution in [2.75, 3.05) is 0 Å². The van der Waals surface area contributed by atoms with E-state index in [9.17, 15) is 9.90 Å². The molecular formula is C7H16NO2P. The molecule has 0 aliphatic heterocycles. The second kappa shape index (κ2) is 4.15. The number of aliphatic hydroxyl groups is 1. The summed E-state index contributed by atoms with van der Waals surface area (Å²) in [7, 11) is -0.00116. The van der Waals surface area contributed by atoms with Crippen molar-refractivity contribution < 1.29 is 9.90 Å². The summed E-state index contributed by atoms with van der Waals surface area (Å²) < 4.78 is 0. The third-order valence-corrected chi connectivity index (χ3v) is 2.59. The van der Waals surface area contributed by atoms with Crippen molar-refractivity contribution in [1.82, 2.24) is 5.09 Å². The molecule has 1 unspecified atom stereocenters. The van der Waals surface area contributed by atoms with Crippen LogP contribution in [-0.4, -0.2) is 22.3 Å². The van der Waals surface area contributed by atoms with Crippen molar-refractivity contribution in [2.45, 2.75) is 39.3 Å². The van der Waals surface area contributed by atoms with Crippen LogP contribution in [0.15, 0.2) is 0 Å². The van der Waals surface area contributed by atoms with E-state index in [2.05, 4.69) is 5.09 Å². The Bertz CT molecular complexity index is 140. The van der Waals surface area contributed by atoms with Gasteiger partial charge in [-0.15, -0.1) is 0 Å². The molecule has 4 heteroatoms. The summed E-state index contributed by atoms with van der Waals surface area (Å²) in [4.78, 5) is 11.1. The van der Waals surface area contributed by atoms with Gasteiger partial charge >= 0.3 is 0 Å². The first-order chi connectivity index (χ1) is 4.84. The van der Waals surface area contributed by atoms with Gasteiger partial charge in [-0.05, 0) is 27.7 Å². The maximum absolute atomic E-state index is 11.1. The topological polar surface area (TPSA) is 49.3 Å². The Morgan fingerprint density at radius 1 is 1.55 bits per heavy atom. The predicted molar refractivity (Wildman–Crippen MR) is 47.9 cm³/mol. The van der Waals surface area contributed by atoms with Crippen LogP contribution in [0, 0.1) is 0 Å². The van der Waals surface area contributed by atoms with Crippen LogP contribution in [0.5, 0.6) is 0 Å². The number of hydrogen-bond acceptors (Lipinski definition) is 3. The van der Waals surface area contributed by atoms with E-state index >= 15 is 0 Å². The molecule has 0 aromatic rings. The lowest BCUT2D eigenvalue weighted by molar-refractivity contribution is -0.125. The number of nitrogens with one attached hydrogen (secondary N) is 1. The van der Waals surface area contributed by atoms with Crippen molar-refractivity contribution in [3.63, 3.8) is 0 Å². The smallest absolute Gasteiger partial charge is 0.196 e. The minimum atomic E-state index is -1.19. The van der Waals surface area contributed by atoms with Gasteiger partial charge in [-0.1, -0.05) is 0 Å². The molecule has 0 fully saturated rings. The van der Waals surface area contributed by atoms with Crippen molar-refractivity contribution in [3.05, 3.63) is 0 Å². The second-order valence-corrected chi connectivity index (χ2v) is 4.30. The Morgan fingerprint density at radius 3 is 2.27 bits per heavy atom. The lowest BCUT2D eigenvalue weighted by atomic mass is 10.2. The molecule has 0 saturated heterocycles. The Labute approximate surface area is 69.4 Å². The molecule has 0 aromatic heterocycles. The molecule has 2 N–H and O–H groups in total. The Hall–Kier alpha value is 0.0200. The van der Waals surface area contributed by atoms with Crippen molar-refractivity contribution in [3.8, 4) is 0 Å². The van der Waals surface area contributed by atoms with Crippen LogP contribution in [-0.2, 0) is 4.79 Å². The van der Waals surface area contributed by atoms with Crippen LogP contribution in [0.2, 0.25) is 0 Å². The third kappa shape index (κ3) is 5.31. The van der Waals surface area contributed by atoms with E-state index in [1.54, 1.807) is 0 Å². The maximum Gasteiger partial charge on any atom is 0.196 e. The zero-order valence-corrected chi connectivity index (χ0v) is 8.43. The van der Waals surface area contributed by atoms with Gasteiger partial charge in [0.2, 0.25) is 0 Å². The van der Waals surface area contributed by atoms with Crippen LogP contribution < -0.4 is 5.09 Å². The van der Waals surface area contributed by atoms with Gasteiger partial charge in [-0.25, -0.2) is 0 Å². The standard InChI is InChI=1S/C7H16NO2P/c1-5(2)8-11-6(9)7(3,4)10/h5,8,10-11H,1-4H3. The fourth-order valence-corrected chi connectivity index (χ4v) is 1.09. The van der Waals surface area contributed by atoms with E-state index in [0.29, 0.717) is 6.04 Å². The van der Waals surface area contributed by atoms with E-state index in [-0.39, 0.29) is 14.3 Å². The normalized spacial score (nSPS) is 13.3. The van der Waals surface area contributed by atoms with E-state index in [0.717, 1.165) is 0 Å². The minimum Gasteiger partial charge on any atom is -0.382 e. The second-order valence-electron chi connectivity index (χ2n) is 3.31. The van der Waals surface area contributed by atoms with Crippen LogP contribution in [0.25, 0.3) is 0 Å². The summed E-state index contributed by atoms with van der Waals surface area (Å²) in [6.07, 6.45) is 0. The number of carbonyl (C=O) groups is 1. The van der Waals surface area contributed by atoms with Gasteiger partial charge in [0.1, 0.15) is 5.60 Å². The highest BCUT2D eigenvalue weighted by Gasteiger charge is 2.23. The molecule has 0 rings (SSSR count). The molecule has 0 amide bonds. The molecule has 0 radical (unpaired) electrons. The zero-order valence-electron chi connectivity index (χ0n) is 7.43. The van der Waals surface area contributed by atoms with Crippen molar-refractivity contribution in [1.29, 1.82) is 0 Å². The Balaban J connectivity index is 3.71. The third-order valence-electron chi connectivity index (χ3n) is 1.03. The van der Waals surface area contributed by atoms with Crippen LogP contribution in [0.4, 0.5) is 0 Å². The summed E-state index contributed by atoms with van der Waals surface area (Å²) in [5.74, 6) is 0. The molecule has 0 bridgehead atoms. The maximum atomic E-state index is 11.1. The molecule has 0 aliphatic rings. The fraction of sp³-hybridized carbons (Fsp3) is 0.857. The van der Waals surface area contributed by atoms with Crippen molar-refractivity contribution >= 4 is 14.3 Å². The predicted octanol–water partition coefficient (Wildman–Crippen LogP) is 0.875. The van der Waals surface area contributed by atoms with Crippen LogP contribution in [0.3, 0.4) is 0 Å². The summed E-state index contributed by atoms with van der Waals surface area (Å²) in [6.45, 7) is 6.93. The minimum absolute atomic E-state index is 0.00116. The van der Waals surface area contributed by atoms with Gasteiger partial charge in [0.05, 0.1) is 0 Å². The highest BCUT2D eigenvalue weighted by molar-refractivity contribution is 7.56. The number of carbonyl (C=O) groups excluding carboxylic acids is 1. The molecule has 0 aliphatic carbocycles. The summed E-state index contributed by atoms with van der Waals surface area (Å²) in [5.41, 5.74) is -1.34. The lowest BCUT2D eigenvalue weighted by Crippen LogP contribution is -2.30. The van der Waals surface area contributed by atoms with Gasteiger partial charge in [-0.3, -0.25) is 9.88 Å². The summed E-state index contributed by atoms with van der Waals surface area (Å²) >= 11 is 0. The Kier molecular flexibility index (Phi) is 4.16. The monoisotopic (exact) mass is 177 g/mol. The zero-order chi connectivity index (χ0) is 9.07. The first-order valence-electron chi connectivity index (χ1n) is 3.62. The highest BCUT2D eigenvalue weighted by Crippen LogP contribution is 2.17. The molecule has 66 valence electrons. The summed E-state index contributed by atoms with van der Waals surface area (Å²) in [6, 6.07) is 0.291. The van der Waals surface area contributed by atoms with Gasteiger partial charge in [0.15, 0.2) is 5.52 Å². The average molecular weight is 177 g/mol. The molecule has 0 heterocycles. The van der Waals surface area contributed by atoms with E-state index in [1.165, 1.54) is 13.8 Å². The quantitative estimate of drug-likeness (QED) is 0.626. The van der Waals surface area contributed by atoms with Gasteiger partial charge in [-0.2, -0.15) is 0 Å². The van der Waals surface area contributed by atoms with E-state index in [1.807, 2.05) is 13.8 Å². The van der Waals surface area contributed by atoms with Gasteiger partial charge in [0.25, 0.3) is 0 Å². The van der Waals surface area contributed by atoms with Crippen molar-refractivity contribution in [2.24, 2.45) is 0 Å².